The second-order valence-electron chi connectivity index (χ2n) is 9.93. The maximum atomic E-state index is 13.0. The molecule has 0 saturated heterocycles. The van der Waals surface area contributed by atoms with Crippen molar-refractivity contribution < 1.29 is 4.79 Å². The minimum atomic E-state index is -0.176. The summed E-state index contributed by atoms with van der Waals surface area (Å²) >= 11 is 0. The predicted molar refractivity (Wildman–Crippen MR) is 125 cm³/mol. The second-order valence-corrected chi connectivity index (χ2v) is 9.93. The number of allylic oxidation sites excluding steroid dienone is 11. The first kappa shape index (κ1) is 22.9. The van der Waals surface area contributed by atoms with Crippen LogP contribution in [0.2, 0.25) is 0 Å². The van der Waals surface area contributed by atoms with E-state index < -0.39 is 0 Å². The van der Waals surface area contributed by atoms with Gasteiger partial charge in [-0.2, -0.15) is 0 Å². The fraction of sp³-hybridized carbons (Fsp3) is 0.444. The number of rotatable bonds is 6. The first-order valence-corrected chi connectivity index (χ1v) is 10.7. The monoisotopic (exact) mass is 391 g/mol. The summed E-state index contributed by atoms with van der Waals surface area (Å²) in [6, 6.07) is 0. The molecular formula is C27H37NO. The molecule has 2 aliphatic rings. The molecule has 0 aromatic heterocycles. The fourth-order valence-electron chi connectivity index (χ4n) is 3.37. The van der Waals surface area contributed by atoms with Gasteiger partial charge in [0.05, 0.1) is 0 Å². The zero-order chi connectivity index (χ0) is 21.7. The topological polar surface area (TPSA) is 20.3 Å². The lowest BCUT2D eigenvalue weighted by Gasteiger charge is -2.31. The van der Waals surface area contributed by atoms with Crippen LogP contribution >= 0.6 is 0 Å². The molecular weight excluding hydrogens is 354 g/mol. The van der Waals surface area contributed by atoms with Crippen LogP contribution in [0.25, 0.3) is 0 Å². The molecule has 0 radical (unpaired) electrons. The Bertz CT molecular complexity index is 762. The highest BCUT2D eigenvalue weighted by molar-refractivity contribution is 6.11. The van der Waals surface area contributed by atoms with Crippen molar-refractivity contribution in [2.45, 2.75) is 60.8 Å². The van der Waals surface area contributed by atoms with Gasteiger partial charge >= 0.3 is 0 Å². The molecule has 0 spiro atoms. The van der Waals surface area contributed by atoms with E-state index in [0.29, 0.717) is 0 Å². The van der Waals surface area contributed by atoms with E-state index in [2.05, 4.69) is 102 Å². The Labute approximate surface area is 177 Å². The van der Waals surface area contributed by atoms with Crippen LogP contribution in [-0.2, 0) is 4.79 Å². The Kier molecular flexibility index (Phi) is 7.46. The Morgan fingerprint density at radius 1 is 0.862 bits per heavy atom. The van der Waals surface area contributed by atoms with Crippen LogP contribution in [0.3, 0.4) is 0 Å². The van der Waals surface area contributed by atoms with E-state index in [4.69, 9.17) is 0 Å². The van der Waals surface area contributed by atoms with E-state index in [1.807, 2.05) is 6.08 Å². The third-order valence-corrected chi connectivity index (χ3v) is 5.19. The van der Waals surface area contributed by atoms with Gasteiger partial charge < -0.3 is 4.90 Å². The molecule has 2 rings (SSSR count). The molecule has 1 aliphatic heterocycles. The fourth-order valence-corrected chi connectivity index (χ4v) is 3.37. The van der Waals surface area contributed by atoms with Crippen molar-refractivity contribution in [2.75, 3.05) is 6.54 Å². The van der Waals surface area contributed by atoms with E-state index >= 15 is 0 Å². The molecule has 0 saturated carbocycles. The van der Waals surface area contributed by atoms with E-state index in [-0.39, 0.29) is 16.6 Å². The smallest absolute Gasteiger partial charge is 0.186 e. The highest BCUT2D eigenvalue weighted by atomic mass is 16.1. The summed E-state index contributed by atoms with van der Waals surface area (Å²) in [6.45, 7) is 17.4. The van der Waals surface area contributed by atoms with Crippen molar-refractivity contribution in [3.63, 3.8) is 0 Å². The maximum absolute atomic E-state index is 13.0. The van der Waals surface area contributed by atoms with E-state index in [0.717, 1.165) is 35.3 Å². The van der Waals surface area contributed by atoms with Crippen molar-refractivity contribution in [1.82, 2.24) is 4.90 Å². The first-order chi connectivity index (χ1) is 13.5. The zero-order valence-electron chi connectivity index (χ0n) is 19.1. The average Bonchev–Trinajstić information content (AvgIpc) is 2.63. The summed E-state index contributed by atoms with van der Waals surface area (Å²) < 4.78 is 0. The zero-order valence-corrected chi connectivity index (χ0v) is 19.1. The van der Waals surface area contributed by atoms with Gasteiger partial charge in [-0.15, -0.1) is 6.58 Å². The lowest BCUT2D eigenvalue weighted by atomic mass is 9.72. The summed E-state index contributed by atoms with van der Waals surface area (Å²) in [4.78, 5) is 15.2. The van der Waals surface area contributed by atoms with Crippen molar-refractivity contribution in [1.29, 1.82) is 0 Å². The van der Waals surface area contributed by atoms with E-state index in [9.17, 15) is 4.79 Å². The molecule has 0 aromatic rings. The predicted octanol–water partition coefficient (Wildman–Crippen LogP) is 7.07. The van der Waals surface area contributed by atoms with Crippen LogP contribution in [0.5, 0.6) is 0 Å². The van der Waals surface area contributed by atoms with Crippen molar-refractivity contribution in [3.05, 3.63) is 83.8 Å². The number of hydrogen-bond donors (Lipinski definition) is 0. The number of hydrogen-bond acceptors (Lipinski definition) is 2. The molecule has 1 heterocycles. The molecule has 2 heteroatoms. The normalized spacial score (nSPS) is 17.3. The van der Waals surface area contributed by atoms with Crippen LogP contribution in [0.15, 0.2) is 83.8 Å². The van der Waals surface area contributed by atoms with Crippen LogP contribution in [-0.4, -0.2) is 17.2 Å². The van der Waals surface area contributed by atoms with E-state index in [1.54, 1.807) is 0 Å². The van der Waals surface area contributed by atoms with Crippen molar-refractivity contribution >= 4 is 5.78 Å². The third-order valence-electron chi connectivity index (χ3n) is 5.19. The molecule has 0 bridgehead atoms. The lowest BCUT2D eigenvalue weighted by Crippen LogP contribution is -2.27. The molecule has 2 nitrogen and oxygen atoms in total. The Hall–Kier alpha value is -2.35. The molecule has 0 N–H and O–H groups in total. The number of Topliss-reactive ketones (excluding diaryl/α,β-unsaturated/α-hetero) is 1. The number of carbonyl (C=O) groups is 1. The van der Waals surface area contributed by atoms with Crippen LogP contribution in [0.1, 0.15) is 60.8 Å². The van der Waals surface area contributed by atoms with Gasteiger partial charge in [0.2, 0.25) is 0 Å². The van der Waals surface area contributed by atoms with Crippen LogP contribution in [0.4, 0.5) is 0 Å². The second kappa shape index (κ2) is 9.43. The molecule has 0 amide bonds. The number of unbranched alkanes of at least 4 members (excludes halogenated alkanes) is 2. The average molecular weight is 392 g/mol. The van der Waals surface area contributed by atoms with Gasteiger partial charge in [-0.1, -0.05) is 59.8 Å². The highest BCUT2D eigenvalue weighted by Gasteiger charge is 2.33. The quantitative estimate of drug-likeness (QED) is 0.356. The Morgan fingerprint density at radius 3 is 1.86 bits per heavy atom. The van der Waals surface area contributed by atoms with Crippen LogP contribution < -0.4 is 0 Å². The summed E-state index contributed by atoms with van der Waals surface area (Å²) in [6.07, 6.45) is 22.3. The van der Waals surface area contributed by atoms with Gasteiger partial charge in [0.25, 0.3) is 0 Å². The van der Waals surface area contributed by atoms with Crippen molar-refractivity contribution in [2.24, 2.45) is 10.8 Å². The number of nitrogens with zero attached hydrogens (tertiary/aromatic N) is 1. The molecule has 29 heavy (non-hydrogen) atoms. The molecule has 156 valence electrons. The summed E-state index contributed by atoms with van der Waals surface area (Å²) in [5.74, 6) is 0.180. The summed E-state index contributed by atoms with van der Waals surface area (Å²) in [5, 5.41) is 0. The maximum Gasteiger partial charge on any atom is 0.186 e. The molecule has 0 fully saturated rings. The van der Waals surface area contributed by atoms with Gasteiger partial charge in [-0.25, -0.2) is 0 Å². The minimum Gasteiger partial charge on any atom is -0.354 e. The van der Waals surface area contributed by atoms with Crippen LogP contribution in [0, 0.1) is 10.8 Å². The Balaban J connectivity index is 2.19. The van der Waals surface area contributed by atoms with Gasteiger partial charge in [0, 0.05) is 30.1 Å². The van der Waals surface area contributed by atoms with Gasteiger partial charge in [0.15, 0.2) is 5.78 Å². The standard InChI is InChI=1S/C27H37NO/c1-8-9-10-11-16-28-17-14-21(15-18-28)12-13-22-19-23(26(2,3)4)25(29)24(20-22)27(5,6)7/h8,12-15,17-20H,1,9-11,16H2,2-7H3. The number of ketones is 1. The highest BCUT2D eigenvalue weighted by Crippen LogP contribution is 2.38. The van der Waals surface area contributed by atoms with E-state index in [1.165, 1.54) is 12.8 Å². The molecule has 0 unspecified atom stereocenters. The largest absolute Gasteiger partial charge is 0.354 e. The lowest BCUT2D eigenvalue weighted by molar-refractivity contribution is -0.114. The van der Waals surface area contributed by atoms with Gasteiger partial charge in [-0.05, 0) is 65.5 Å². The molecule has 0 atom stereocenters. The van der Waals surface area contributed by atoms with Gasteiger partial charge in [0.1, 0.15) is 0 Å². The SMILES string of the molecule is C=CCCCCN1C=CC(=CC=C2C=C(C(C)(C)C)C(=O)C(C(C)(C)C)=C2)C=C1. The molecule has 0 aromatic carbocycles. The van der Waals surface area contributed by atoms with Gasteiger partial charge in [-0.3, -0.25) is 4.79 Å². The first-order valence-electron chi connectivity index (χ1n) is 10.7. The minimum absolute atomic E-state index is 0.176. The number of carbonyl (C=O) groups excluding carboxylic acids is 1. The summed E-state index contributed by atoms with van der Waals surface area (Å²) in [7, 11) is 0. The Morgan fingerprint density at radius 2 is 1.38 bits per heavy atom. The van der Waals surface area contributed by atoms with Crippen molar-refractivity contribution in [3.8, 4) is 0 Å². The summed E-state index contributed by atoms with van der Waals surface area (Å²) in [5.41, 5.74) is 3.66. The third kappa shape index (κ3) is 6.59. The molecule has 1 aliphatic carbocycles.